The van der Waals surface area contributed by atoms with Gasteiger partial charge in [-0.05, 0) is 18.1 Å². The fraction of sp³-hybridized carbons (Fsp3) is 0.364. The summed E-state index contributed by atoms with van der Waals surface area (Å²) in [4.78, 5) is 74.9. The quantitative estimate of drug-likeness (QED) is 0.135. The van der Waals surface area contributed by atoms with Crippen molar-refractivity contribution >= 4 is 46.4 Å². The van der Waals surface area contributed by atoms with Crippen LogP contribution in [0, 0.1) is 0 Å². The van der Waals surface area contributed by atoms with Gasteiger partial charge in [-0.25, -0.2) is 4.79 Å². The number of H-pyrrole nitrogens is 1. The second-order valence-corrected chi connectivity index (χ2v) is 8.02. The third-order valence-corrected chi connectivity index (χ3v) is 5.27. The SMILES string of the molecule is NCC(=O)NC(CC(N)=O)C(=O)NC(CCC(N)=O)C(=O)NC(Cc1c[nH]c2ccccc12)C(=O)O. The Morgan fingerprint density at radius 2 is 1.53 bits per heavy atom. The number of benzene rings is 1. The summed E-state index contributed by atoms with van der Waals surface area (Å²) in [7, 11) is 0. The van der Waals surface area contributed by atoms with E-state index >= 15 is 0 Å². The number of rotatable bonds is 14. The summed E-state index contributed by atoms with van der Waals surface area (Å²) in [5.74, 6) is -5.60. The van der Waals surface area contributed by atoms with E-state index in [4.69, 9.17) is 17.2 Å². The van der Waals surface area contributed by atoms with Crippen LogP contribution in [0.1, 0.15) is 24.8 Å². The second kappa shape index (κ2) is 12.9. The molecule has 1 aromatic heterocycles. The lowest BCUT2D eigenvalue weighted by Gasteiger charge is -2.24. The molecule has 11 N–H and O–H groups in total. The lowest BCUT2D eigenvalue weighted by molar-refractivity contribution is -0.142. The van der Waals surface area contributed by atoms with Crippen LogP contribution in [0.25, 0.3) is 10.9 Å². The number of aromatic amines is 1. The monoisotopic (exact) mass is 503 g/mol. The maximum atomic E-state index is 13.0. The largest absolute Gasteiger partial charge is 0.480 e. The number of aliphatic carboxylic acids is 1. The molecule has 0 aliphatic heterocycles. The van der Waals surface area contributed by atoms with Crippen molar-refractivity contribution in [2.75, 3.05) is 6.54 Å². The Morgan fingerprint density at radius 3 is 2.14 bits per heavy atom. The van der Waals surface area contributed by atoms with E-state index in [-0.39, 0.29) is 19.3 Å². The molecule has 0 radical (unpaired) electrons. The standard InChI is InChI=1S/C22H29N7O7/c23-9-19(32)27-15(8-18(25)31)21(34)28-14(5-6-17(24)30)20(33)29-16(22(35)36)7-11-10-26-13-4-2-1-3-12(11)13/h1-4,10,14-16,26H,5-9,23H2,(H2,24,30)(H2,25,31)(H,27,32)(H,28,34)(H,29,33)(H,35,36). The van der Waals surface area contributed by atoms with E-state index in [1.54, 1.807) is 18.3 Å². The molecule has 0 bridgehead atoms. The minimum atomic E-state index is -1.44. The van der Waals surface area contributed by atoms with Crippen LogP contribution in [0.2, 0.25) is 0 Å². The van der Waals surface area contributed by atoms with Crippen molar-refractivity contribution in [3.63, 3.8) is 0 Å². The number of fused-ring (bicyclic) bond motifs is 1. The summed E-state index contributed by atoms with van der Waals surface area (Å²) in [5, 5.41) is 17.4. The van der Waals surface area contributed by atoms with Crippen molar-refractivity contribution in [3.05, 3.63) is 36.0 Å². The molecule has 1 aromatic carbocycles. The number of carboxylic acids is 1. The van der Waals surface area contributed by atoms with Gasteiger partial charge < -0.3 is 43.2 Å². The zero-order valence-corrected chi connectivity index (χ0v) is 19.3. The van der Waals surface area contributed by atoms with Crippen LogP contribution < -0.4 is 33.2 Å². The van der Waals surface area contributed by atoms with Crippen molar-refractivity contribution in [1.29, 1.82) is 0 Å². The molecule has 194 valence electrons. The highest BCUT2D eigenvalue weighted by molar-refractivity contribution is 5.96. The van der Waals surface area contributed by atoms with E-state index in [2.05, 4.69) is 20.9 Å². The maximum absolute atomic E-state index is 13.0. The third kappa shape index (κ3) is 8.09. The smallest absolute Gasteiger partial charge is 0.326 e. The molecule has 3 unspecified atom stereocenters. The van der Waals surface area contributed by atoms with Crippen LogP contribution in [0.3, 0.4) is 0 Å². The van der Waals surface area contributed by atoms with Gasteiger partial charge in [-0.15, -0.1) is 0 Å². The molecule has 0 aliphatic carbocycles. The van der Waals surface area contributed by atoms with E-state index in [1.165, 1.54) is 0 Å². The normalized spacial score (nSPS) is 13.2. The second-order valence-electron chi connectivity index (χ2n) is 8.02. The van der Waals surface area contributed by atoms with Crippen LogP contribution in [-0.4, -0.2) is 70.3 Å². The van der Waals surface area contributed by atoms with Gasteiger partial charge in [0.05, 0.1) is 13.0 Å². The summed E-state index contributed by atoms with van der Waals surface area (Å²) in [6, 6.07) is 3.00. The van der Waals surface area contributed by atoms with Crippen LogP contribution in [0.4, 0.5) is 0 Å². The summed E-state index contributed by atoms with van der Waals surface area (Å²) in [5.41, 5.74) is 16.9. The molecule has 14 heteroatoms. The number of para-hydroxylation sites is 1. The summed E-state index contributed by atoms with van der Waals surface area (Å²) in [6.07, 6.45) is 0.404. The number of hydrogen-bond donors (Lipinski definition) is 8. The average Bonchev–Trinajstić information content (AvgIpc) is 3.22. The average molecular weight is 504 g/mol. The molecule has 3 atom stereocenters. The zero-order valence-electron chi connectivity index (χ0n) is 19.3. The molecule has 1 heterocycles. The predicted octanol–water partition coefficient (Wildman–Crippen LogP) is -2.65. The lowest BCUT2D eigenvalue weighted by atomic mass is 10.0. The molecule has 0 fully saturated rings. The van der Waals surface area contributed by atoms with Gasteiger partial charge in [-0.1, -0.05) is 18.2 Å². The molecular weight excluding hydrogens is 474 g/mol. The lowest BCUT2D eigenvalue weighted by Crippen LogP contribution is -2.57. The van der Waals surface area contributed by atoms with Gasteiger partial charge in [0.1, 0.15) is 18.1 Å². The number of primary amides is 2. The Morgan fingerprint density at radius 1 is 0.889 bits per heavy atom. The number of carboxylic acid groups (broad SMARTS) is 1. The fourth-order valence-corrected chi connectivity index (χ4v) is 3.48. The molecule has 2 rings (SSSR count). The number of carbonyl (C=O) groups is 6. The van der Waals surface area contributed by atoms with Crippen molar-refractivity contribution in [1.82, 2.24) is 20.9 Å². The predicted molar refractivity (Wildman–Crippen MR) is 127 cm³/mol. The highest BCUT2D eigenvalue weighted by Crippen LogP contribution is 2.19. The van der Waals surface area contributed by atoms with Crippen LogP contribution >= 0.6 is 0 Å². The first-order valence-electron chi connectivity index (χ1n) is 11.0. The molecule has 5 amide bonds. The van der Waals surface area contributed by atoms with Crippen molar-refractivity contribution < 1.29 is 33.9 Å². The van der Waals surface area contributed by atoms with Crippen molar-refractivity contribution in [3.8, 4) is 0 Å². The van der Waals surface area contributed by atoms with Gasteiger partial charge in [-0.2, -0.15) is 0 Å². The van der Waals surface area contributed by atoms with E-state index in [1.807, 2.05) is 12.1 Å². The Labute approximate surface area is 205 Å². The van der Waals surface area contributed by atoms with Crippen molar-refractivity contribution in [2.24, 2.45) is 17.2 Å². The zero-order chi connectivity index (χ0) is 26.8. The number of carbonyl (C=O) groups excluding carboxylic acids is 5. The van der Waals surface area contributed by atoms with Gasteiger partial charge in [0.15, 0.2) is 0 Å². The minimum Gasteiger partial charge on any atom is -0.480 e. The molecule has 0 saturated heterocycles. The number of amides is 5. The first-order valence-corrected chi connectivity index (χ1v) is 11.0. The topological polar surface area (TPSA) is 253 Å². The molecule has 0 spiro atoms. The number of hydrogen-bond acceptors (Lipinski definition) is 7. The summed E-state index contributed by atoms with van der Waals surface area (Å²) in [6.45, 7) is -0.470. The maximum Gasteiger partial charge on any atom is 0.326 e. The first kappa shape index (κ1) is 27.8. The van der Waals surface area contributed by atoms with Gasteiger partial charge in [-0.3, -0.25) is 24.0 Å². The molecule has 36 heavy (non-hydrogen) atoms. The van der Waals surface area contributed by atoms with Gasteiger partial charge >= 0.3 is 5.97 Å². The Balaban J connectivity index is 2.20. The third-order valence-electron chi connectivity index (χ3n) is 5.27. The minimum absolute atomic E-state index is 0.0710. The number of nitrogens with two attached hydrogens (primary N) is 3. The van der Waals surface area contributed by atoms with Crippen LogP contribution in [0.15, 0.2) is 30.5 Å². The summed E-state index contributed by atoms with van der Waals surface area (Å²) < 4.78 is 0. The first-order chi connectivity index (χ1) is 17.0. The van der Waals surface area contributed by atoms with Gasteiger partial charge in [0.2, 0.25) is 29.5 Å². The van der Waals surface area contributed by atoms with E-state index < -0.39 is 66.6 Å². The van der Waals surface area contributed by atoms with Gasteiger partial charge in [0.25, 0.3) is 0 Å². The van der Waals surface area contributed by atoms with E-state index in [9.17, 15) is 33.9 Å². The van der Waals surface area contributed by atoms with E-state index in [0.717, 1.165) is 10.9 Å². The fourth-order valence-electron chi connectivity index (χ4n) is 3.48. The number of aromatic nitrogens is 1. The summed E-state index contributed by atoms with van der Waals surface area (Å²) >= 11 is 0. The molecule has 0 aliphatic rings. The molecule has 14 nitrogen and oxygen atoms in total. The van der Waals surface area contributed by atoms with Gasteiger partial charge in [0, 0.05) is 29.9 Å². The van der Waals surface area contributed by atoms with Crippen molar-refractivity contribution in [2.45, 2.75) is 43.8 Å². The van der Waals surface area contributed by atoms with Crippen LogP contribution in [-0.2, 0) is 35.2 Å². The Hall–Kier alpha value is -4.46. The van der Waals surface area contributed by atoms with Crippen LogP contribution in [0.5, 0.6) is 0 Å². The highest BCUT2D eigenvalue weighted by atomic mass is 16.4. The Bertz CT molecular complexity index is 1150. The van der Waals surface area contributed by atoms with E-state index in [0.29, 0.717) is 5.56 Å². The number of nitrogens with one attached hydrogen (secondary N) is 4. The highest BCUT2D eigenvalue weighted by Gasteiger charge is 2.30. The Kier molecular flexibility index (Phi) is 9.92. The molecular formula is C22H29N7O7. The molecule has 0 saturated carbocycles. The molecule has 2 aromatic rings.